The van der Waals surface area contributed by atoms with Crippen LogP contribution < -0.4 is 10.1 Å². The average molecular weight is 501 g/mol. The highest BCUT2D eigenvalue weighted by molar-refractivity contribution is 6.03. The van der Waals surface area contributed by atoms with Crippen molar-refractivity contribution in [3.05, 3.63) is 53.7 Å². The molecule has 0 spiro atoms. The van der Waals surface area contributed by atoms with E-state index in [9.17, 15) is 13.6 Å². The summed E-state index contributed by atoms with van der Waals surface area (Å²) in [5.74, 6) is 0.177. The molecular weight excluding hydrogens is 470 g/mol. The van der Waals surface area contributed by atoms with Gasteiger partial charge in [0.2, 0.25) is 0 Å². The van der Waals surface area contributed by atoms with E-state index in [4.69, 9.17) is 19.2 Å². The highest BCUT2D eigenvalue weighted by Gasteiger charge is 2.27. The monoisotopic (exact) mass is 500 g/mol. The first kappa shape index (κ1) is 24.6. The van der Waals surface area contributed by atoms with E-state index < -0.39 is 18.0 Å². The van der Waals surface area contributed by atoms with E-state index in [0.717, 1.165) is 18.5 Å². The van der Waals surface area contributed by atoms with E-state index in [1.165, 1.54) is 18.2 Å². The van der Waals surface area contributed by atoms with Crippen LogP contribution in [0.3, 0.4) is 0 Å². The number of amides is 1. The van der Waals surface area contributed by atoms with Gasteiger partial charge in [-0.25, -0.2) is 18.7 Å². The van der Waals surface area contributed by atoms with Gasteiger partial charge in [0.1, 0.15) is 34.6 Å². The number of carbonyl (C=O) groups excluding carboxylic acids is 1. The van der Waals surface area contributed by atoms with Gasteiger partial charge in [-0.2, -0.15) is 0 Å². The first-order chi connectivity index (χ1) is 17.4. The van der Waals surface area contributed by atoms with Gasteiger partial charge in [-0.15, -0.1) is 0 Å². The van der Waals surface area contributed by atoms with Crippen LogP contribution in [0.2, 0.25) is 0 Å². The fraction of sp³-hybridized carbons (Fsp3) is 0.500. The summed E-state index contributed by atoms with van der Waals surface area (Å²) in [6.45, 7) is 5.43. The van der Waals surface area contributed by atoms with Crippen molar-refractivity contribution in [2.24, 2.45) is 0 Å². The summed E-state index contributed by atoms with van der Waals surface area (Å²) in [6, 6.07) is 5.80. The minimum atomic E-state index is -2.76. The molecule has 10 heteroatoms. The van der Waals surface area contributed by atoms with E-state index in [1.54, 1.807) is 6.20 Å². The molecule has 0 radical (unpaired) electrons. The summed E-state index contributed by atoms with van der Waals surface area (Å²) >= 11 is 0. The number of carbonyl (C=O) groups is 1. The number of imidazole rings is 1. The van der Waals surface area contributed by atoms with Crippen molar-refractivity contribution in [1.82, 2.24) is 14.4 Å². The van der Waals surface area contributed by atoms with Gasteiger partial charge in [-0.3, -0.25) is 4.79 Å². The molecule has 36 heavy (non-hydrogen) atoms. The lowest BCUT2D eigenvalue weighted by molar-refractivity contribution is -0.0720. The Hall–Kier alpha value is -3.11. The lowest BCUT2D eigenvalue weighted by atomic mass is 9.97. The third-order valence-electron chi connectivity index (χ3n) is 6.64. The number of alkyl halides is 2. The van der Waals surface area contributed by atoms with Crippen LogP contribution in [0, 0.1) is 0 Å². The van der Waals surface area contributed by atoms with E-state index >= 15 is 0 Å². The number of hydrogen-bond donors (Lipinski definition) is 1. The molecule has 5 heterocycles. The van der Waals surface area contributed by atoms with E-state index in [1.807, 2.05) is 30.5 Å². The Morgan fingerprint density at radius 1 is 1.14 bits per heavy atom. The number of anilines is 1. The summed E-state index contributed by atoms with van der Waals surface area (Å²) in [5, 5.41) is 2.81. The van der Waals surface area contributed by atoms with Crippen molar-refractivity contribution < 1.29 is 27.8 Å². The number of pyridine rings is 2. The SMILES string of the molecule is C[C@@H]1C[C@H](Oc2cc3nc(C4CCOCC4)cn3cc2NC(=O)c2cccc(C(F)F)n2)C[C@H](C)O1. The molecule has 5 rings (SSSR count). The summed E-state index contributed by atoms with van der Waals surface area (Å²) in [6.07, 6.45) is 4.17. The van der Waals surface area contributed by atoms with Gasteiger partial charge >= 0.3 is 0 Å². The number of aromatic nitrogens is 3. The third kappa shape index (κ3) is 5.49. The minimum absolute atomic E-state index is 0.0494. The molecule has 2 saturated heterocycles. The highest BCUT2D eigenvalue weighted by atomic mass is 19.3. The second-order valence-corrected chi connectivity index (χ2v) is 9.54. The van der Waals surface area contributed by atoms with Crippen molar-refractivity contribution in [1.29, 1.82) is 0 Å². The summed E-state index contributed by atoms with van der Waals surface area (Å²) in [4.78, 5) is 21.6. The average Bonchev–Trinajstić information content (AvgIpc) is 3.27. The number of fused-ring (bicyclic) bond motifs is 1. The standard InChI is InChI=1S/C26H30F2N4O4/c1-15-10-18(11-16(2)35-15)36-23-12-24-30-21(17-6-8-34-9-7-17)13-32(24)14-22(23)31-26(33)20-5-3-4-19(29-20)25(27)28/h3-5,12-18,25H,6-11H2,1-2H3,(H,31,33)/t15-,16+,18+. The Labute approximate surface area is 208 Å². The smallest absolute Gasteiger partial charge is 0.280 e. The Morgan fingerprint density at radius 3 is 2.61 bits per heavy atom. The van der Waals surface area contributed by atoms with Crippen LogP contribution in [-0.2, 0) is 9.47 Å². The van der Waals surface area contributed by atoms with Crippen molar-refractivity contribution in [3.8, 4) is 5.75 Å². The van der Waals surface area contributed by atoms with Crippen molar-refractivity contribution in [3.63, 3.8) is 0 Å². The minimum Gasteiger partial charge on any atom is -0.488 e. The van der Waals surface area contributed by atoms with Gasteiger partial charge in [-0.05, 0) is 38.8 Å². The summed E-state index contributed by atoms with van der Waals surface area (Å²) in [5.41, 5.74) is 1.54. The topological polar surface area (TPSA) is 87.0 Å². The molecule has 2 aliphatic rings. The molecule has 2 fully saturated rings. The van der Waals surface area contributed by atoms with Gasteiger partial charge in [0.15, 0.2) is 0 Å². The molecule has 0 unspecified atom stereocenters. The fourth-order valence-corrected chi connectivity index (χ4v) is 4.92. The lowest BCUT2D eigenvalue weighted by Crippen LogP contribution is -2.35. The molecule has 3 atom stereocenters. The first-order valence-corrected chi connectivity index (χ1v) is 12.3. The van der Waals surface area contributed by atoms with Gasteiger partial charge in [0.25, 0.3) is 12.3 Å². The van der Waals surface area contributed by atoms with Gasteiger partial charge in [-0.1, -0.05) is 6.07 Å². The number of nitrogens with zero attached hydrogens (tertiary/aromatic N) is 3. The molecule has 2 aliphatic heterocycles. The van der Waals surface area contributed by atoms with Crippen LogP contribution in [-0.4, -0.2) is 51.8 Å². The van der Waals surface area contributed by atoms with Crippen molar-refractivity contribution in [2.45, 2.75) is 70.2 Å². The Kier molecular flexibility index (Phi) is 7.15. The van der Waals surface area contributed by atoms with Crippen LogP contribution in [0.1, 0.15) is 73.8 Å². The van der Waals surface area contributed by atoms with Crippen LogP contribution in [0.25, 0.3) is 5.65 Å². The van der Waals surface area contributed by atoms with Gasteiger partial charge in [0, 0.05) is 50.4 Å². The van der Waals surface area contributed by atoms with E-state index in [-0.39, 0.29) is 24.0 Å². The molecular formula is C26H30F2N4O4. The van der Waals surface area contributed by atoms with Gasteiger partial charge in [0.05, 0.1) is 17.9 Å². The first-order valence-electron chi connectivity index (χ1n) is 12.3. The van der Waals surface area contributed by atoms with Crippen molar-refractivity contribution in [2.75, 3.05) is 18.5 Å². The number of halogens is 2. The van der Waals surface area contributed by atoms with Crippen LogP contribution in [0.5, 0.6) is 5.75 Å². The molecule has 0 saturated carbocycles. The fourth-order valence-electron chi connectivity index (χ4n) is 4.92. The Bertz CT molecular complexity index is 1220. The number of rotatable bonds is 6. The highest BCUT2D eigenvalue weighted by Crippen LogP contribution is 2.33. The zero-order valence-corrected chi connectivity index (χ0v) is 20.3. The molecule has 0 bridgehead atoms. The predicted molar refractivity (Wildman–Crippen MR) is 129 cm³/mol. The van der Waals surface area contributed by atoms with Gasteiger partial charge < -0.3 is 23.9 Å². The lowest BCUT2D eigenvalue weighted by Gasteiger charge is -2.32. The molecule has 0 aromatic carbocycles. The third-order valence-corrected chi connectivity index (χ3v) is 6.64. The maximum absolute atomic E-state index is 13.1. The molecule has 3 aromatic heterocycles. The predicted octanol–water partition coefficient (Wildman–Crippen LogP) is 5.15. The molecule has 1 N–H and O–H groups in total. The van der Waals surface area contributed by atoms with Crippen LogP contribution in [0.4, 0.5) is 14.5 Å². The number of ether oxygens (including phenoxy) is 3. The summed E-state index contributed by atoms with van der Waals surface area (Å²) < 4.78 is 45.8. The quantitative estimate of drug-likeness (QED) is 0.504. The maximum Gasteiger partial charge on any atom is 0.280 e. The molecule has 8 nitrogen and oxygen atoms in total. The number of hydrogen-bond acceptors (Lipinski definition) is 6. The Balaban J connectivity index is 1.47. The molecule has 0 aliphatic carbocycles. The largest absolute Gasteiger partial charge is 0.488 e. The zero-order valence-electron chi connectivity index (χ0n) is 20.3. The molecule has 3 aromatic rings. The van der Waals surface area contributed by atoms with E-state index in [0.29, 0.717) is 49.1 Å². The summed E-state index contributed by atoms with van der Waals surface area (Å²) in [7, 11) is 0. The van der Waals surface area contributed by atoms with Crippen LogP contribution in [0.15, 0.2) is 36.7 Å². The number of nitrogens with one attached hydrogen (secondary N) is 1. The Morgan fingerprint density at radius 2 is 1.89 bits per heavy atom. The second-order valence-electron chi connectivity index (χ2n) is 9.54. The van der Waals surface area contributed by atoms with Crippen molar-refractivity contribution >= 4 is 17.2 Å². The van der Waals surface area contributed by atoms with Crippen LogP contribution >= 0.6 is 0 Å². The van der Waals surface area contributed by atoms with E-state index in [2.05, 4.69) is 10.3 Å². The normalized spacial score (nSPS) is 23.2. The maximum atomic E-state index is 13.1. The molecule has 192 valence electrons. The zero-order chi connectivity index (χ0) is 25.2. The second kappa shape index (κ2) is 10.5. The molecule has 1 amide bonds.